The van der Waals surface area contributed by atoms with Gasteiger partial charge in [0.15, 0.2) is 0 Å². The molecule has 6 heteroatoms. The maximum absolute atomic E-state index is 12.2. The Morgan fingerprint density at radius 1 is 1.45 bits per heavy atom. The molecule has 0 aliphatic carbocycles. The molecule has 108 valence electrons. The van der Waals surface area contributed by atoms with Crippen molar-refractivity contribution in [1.82, 2.24) is 5.32 Å². The van der Waals surface area contributed by atoms with Crippen molar-refractivity contribution in [3.63, 3.8) is 0 Å². The van der Waals surface area contributed by atoms with Crippen molar-refractivity contribution in [2.24, 2.45) is 5.73 Å². The van der Waals surface area contributed by atoms with Gasteiger partial charge >= 0.3 is 6.18 Å². The Balaban J connectivity index is 2.73. The van der Waals surface area contributed by atoms with Crippen molar-refractivity contribution in [3.05, 3.63) is 35.4 Å². The summed E-state index contributed by atoms with van der Waals surface area (Å²) in [5, 5.41) is 2.30. The molecule has 0 saturated heterocycles. The van der Waals surface area contributed by atoms with Crippen LogP contribution in [0.25, 0.3) is 0 Å². The number of carbonyl (C=O) groups excluding carboxylic acids is 1. The first-order chi connectivity index (χ1) is 9.31. The number of nitrogens with two attached hydrogens (primary N) is 1. The van der Waals surface area contributed by atoms with Gasteiger partial charge < -0.3 is 11.1 Å². The Kier molecular flexibility index (Phi) is 5.59. The maximum atomic E-state index is 12.2. The fourth-order valence-electron chi connectivity index (χ4n) is 1.60. The minimum atomic E-state index is -4.30. The second-order valence-corrected chi connectivity index (χ2v) is 4.28. The van der Waals surface area contributed by atoms with E-state index in [2.05, 4.69) is 17.2 Å². The van der Waals surface area contributed by atoms with E-state index in [-0.39, 0.29) is 12.1 Å². The molecule has 1 amide bonds. The van der Waals surface area contributed by atoms with Crippen LogP contribution in [0.5, 0.6) is 0 Å². The second kappa shape index (κ2) is 6.96. The fourth-order valence-corrected chi connectivity index (χ4v) is 1.60. The van der Waals surface area contributed by atoms with E-state index in [9.17, 15) is 18.0 Å². The number of halogens is 3. The summed E-state index contributed by atoms with van der Waals surface area (Å²) >= 11 is 0. The van der Waals surface area contributed by atoms with Gasteiger partial charge in [-0.25, -0.2) is 0 Å². The molecule has 20 heavy (non-hydrogen) atoms. The smallest absolute Gasteiger partial charge is 0.349 e. The van der Waals surface area contributed by atoms with Crippen molar-refractivity contribution in [3.8, 4) is 11.8 Å². The van der Waals surface area contributed by atoms with Gasteiger partial charge in [0.25, 0.3) is 5.91 Å². The molecule has 0 heterocycles. The van der Waals surface area contributed by atoms with Crippen LogP contribution >= 0.6 is 0 Å². The highest BCUT2D eigenvalue weighted by atomic mass is 19.4. The highest BCUT2D eigenvalue weighted by Crippen LogP contribution is 2.21. The molecule has 0 saturated carbocycles. The standard InChI is InChI=1S/C14H15F3N2O/c1-10(9-14(15,16)17)19-13(20)12-6-2-4-11(8-12)5-3-7-18/h2,4,6,8,10H,7,9,18H2,1H3,(H,19,20). The highest BCUT2D eigenvalue weighted by molar-refractivity contribution is 5.94. The Morgan fingerprint density at radius 3 is 2.75 bits per heavy atom. The lowest BCUT2D eigenvalue weighted by Crippen LogP contribution is -2.35. The van der Waals surface area contributed by atoms with Crippen LogP contribution in [0.4, 0.5) is 13.2 Å². The van der Waals surface area contributed by atoms with E-state index in [1.165, 1.54) is 19.1 Å². The number of nitrogens with one attached hydrogen (secondary N) is 1. The van der Waals surface area contributed by atoms with Crippen molar-refractivity contribution in [2.75, 3.05) is 6.54 Å². The van der Waals surface area contributed by atoms with Crippen molar-refractivity contribution >= 4 is 5.91 Å². The molecule has 0 radical (unpaired) electrons. The molecule has 1 rings (SSSR count). The zero-order valence-electron chi connectivity index (χ0n) is 10.9. The summed E-state index contributed by atoms with van der Waals surface area (Å²) in [6, 6.07) is 5.35. The van der Waals surface area contributed by atoms with Gasteiger partial charge in [-0.3, -0.25) is 4.79 Å². The fraction of sp³-hybridized carbons (Fsp3) is 0.357. The first-order valence-electron chi connectivity index (χ1n) is 5.98. The third-order valence-electron chi connectivity index (χ3n) is 2.37. The van der Waals surface area contributed by atoms with Gasteiger partial charge in [-0.1, -0.05) is 17.9 Å². The van der Waals surface area contributed by atoms with Crippen LogP contribution in [0.15, 0.2) is 24.3 Å². The normalized spacial score (nSPS) is 12.2. The molecule has 1 atom stereocenters. The number of benzene rings is 1. The number of alkyl halides is 3. The molecule has 0 spiro atoms. The van der Waals surface area contributed by atoms with Gasteiger partial charge in [0.2, 0.25) is 0 Å². The van der Waals surface area contributed by atoms with E-state index in [1.807, 2.05) is 0 Å². The number of hydrogen-bond donors (Lipinski definition) is 2. The molecule has 0 bridgehead atoms. The molecule has 0 aliphatic heterocycles. The van der Waals surface area contributed by atoms with E-state index >= 15 is 0 Å². The lowest BCUT2D eigenvalue weighted by molar-refractivity contribution is -0.138. The molecule has 1 unspecified atom stereocenters. The average molecular weight is 284 g/mol. The third kappa shape index (κ3) is 5.76. The van der Waals surface area contributed by atoms with Gasteiger partial charge in [0.1, 0.15) is 0 Å². The Bertz CT molecular complexity index is 529. The molecule has 1 aromatic carbocycles. The highest BCUT2D eigenvalue weighted by Gasteiger charge is 2.30. The van der Waals surface area contributed by atoms with E-state index in [1.54, 1.807) is 12.1 Å². The molecule has 0 aliphatic rings. The number of amides is 1. The Morgan fingerprint density at radius 2 is 2.15 bits per heavy atom. The van der Waals surface area contributed by atoms with E-state index in [0.29, 0.717) is 5.56 Å². The lowest BCUT2D eigenvalue weighted by atomic mass is 10.1. The van der Waals surface area contributed by atoms with E-state index < -0.39 is 24.5 Å². The minimum Gasteiger partial charge on any atom is -0.349 e. The zero-order chi connectivity index (χ0) is 15.2. The quantitative estimate of drug-likeness (QED) is 0.835. The van der Waals surface area contributed by atoms with Gasteiger partial charge in [-0.2, -0.15) is 13.2 Å². The summed E-state index contributed by atoms with van der Waals surface area (Å²) in [6.07, 6.45) is -5.37. The Hall–Kier alpha value is -2.00. The van der Waals surface area contributed by atoms with E-state index in [4.69, 9.17) is 5.73 Å². The molecule has 0 fully saturated rings. The largest absolute Gasteiger partial charge is 0.391 e. The average Bonchev–Trinajstić information content (AvgIpc) is 2.34. The first kappa shape index (κ1) is 16.1. The molecule has 3 nitrogen and oxygen atoms in total. The minimum absolute atomic E-state index is 0.193. The first-order valence-corrected chi connectivity index (χ1v) is 5.98. The van der Waals surface area contributed by atoms with Gasteiger partial charge in [-0.05, 0) is 25.1 Å². The molecule has 3 N–H and O–H groups in total. The SMILES string of the molecule is CC(CC(F)(F)F)NC(=O)c1cccc(C#CCN)c1. The van der Waals surface area contributed by atoms with Crippen LogP contribution in [0.2, 0.25) is 0 Å². The van der Waals surface area contributed by atoms with Crippen molar-refractivity contribution < 1.29 is 18.0 Å². The zero-order valence-corrected chi connectivity index (χ0v) is 10.9. The maximum Gasteiger partial charge on any atom is 0.391 e. The third-order valence-corrected chi connectivity index (χ3v) is 2.37. The summed E-state index contributed by atoms with van der Waals surface area (Å²) < 4.78 is 36.5. The van der Waals surface area contributed by atoms with E-state index in [0.717, 1.165) is 0 Å². The second-order valence-electron chi connectivity index (χ2n) is 4.28. The van der Waals surface area contributed by atoms with Crippen molar-refractivity contribution in [2.45, 2.75) is 25.6 Å². The van der Waals surface area contributed by atoms with Crippen molar-refractivity contribution in [1.29, 1.82) is 0 Å². The number of carbonyl (C=O) groups is 1. The molecule has 1 aromatic rings. The Labute approximate surface area is 115 Å². The van der Waals surface area contributed by atoms with Crippen LogP contribution in [0, 0.1) is 11.8 Å². The van der Waals surface area contributed by atoms with Crippen LogP contribution < -0.4 is 11.1 Å². The summed E-state index contributed by atoms with van der Waals surface area (Å²) in [4.78, 5) is 11.8. The number of rotatable bonds is 3. The van der Waals surface area contributed by atoms with Gasteiger partial charge in [0, 0.05) is 17.2 Å². The topological polar surface area (TPSA) is 55.1 Å². The monoisotopic (exact) mass is 284 g/mol. The van der Waals surface area contributed by atoms with Gasteiger partial charge in [0.05, 0.1) is 13.0 Å². The summed E-state index contributed by atoms with van der Waals surface area (Å²) in [5.41, 5.74) is 6.10. The summed E-state index contributed by atoms with van der Waals surface area (Å²) in [5.74, 6) is 4.84. The summed E-state index contributed by atoms with van der Waals surface area (Å²) in [6.45, 7) is 1.50. The molecule has 0 aromatic heterocycles. The predicted octanol–water partition coefficient (Wildman–Crippen LogP) is 2.07. The molecular formula is C14H15F3N2O. The van der Waals surface area contributed by atoms with Crippen LogP contribution in [0.3, 0.4) is 0 Å². The van der Waals surface area contributed by atoms with Crippen LogP contribution in [0.1, 0.15) is 29.3 Å². The van der Waals surface area contributed by atoms with Gasteiger partial charge in [-0.15, -0.1) is 0 Å². The van der Waals surface area contributed by atoms with Crippen LogP contribution in [-0.2, 0) is 0 Å². The molecular weight excluding hydrogens is 269 g/mol. The number of hydrogen-bond acceptors (Lipinski definition) is 2. The predicted molar refractivity (Wildman–Crippen MR) is 70.0 cm³/mol. The summed E-state index contributed by atoms with van der Waals surface area (Å²) in [7, 11) is 0. The lowest BCUT2D eigenvalue weighted by Gasteiger charge is -2.15. The van der Waals surface area contributed by atoms with Crippen LogP contribution in [-0.4, -0.2) is 24.7 Å².